The maximum Gasteiger partial charge on any atom is 0.0369 e. The molecule has 1 heterocycles. The molecule has 1 aliphatic rings. The molecular formula is C15H24N2. The molecule has 17 heavy (non-hydrogen) atoms. The van der Waals surface area contributed by atoms with Gasteiger partial charge in [-0.05, 0) is 43.5 Å². The van der Waals surface area contributed by atoms with Crippen LogP contribution in [0.2, 0.25) is 0 Å². The molecule has 0 bridgehead atoms. The lowest BCUT2D eigenvalue weighted by atomic mass is 9.88. The van der Waals surface area contributed by atoms with Crippen LogP contribution in [0.4, 0.5) is 5.69 Å². The average molecular weight is 232 g/mol. The maximum atomic E-state index is 3.29. The van der Waals surface area contributed by atoms with E-state index in [1.807, 2.05) is 7.05 Å². The van der Waals surface area contributed by atoms with Gasteiger partial charge >= 0.3 is 0 Å². The van der Waals surface area contributed by atoms with Gasteiger partial charge in [0.15, 0.2) is 0 Å². The molecule has 1 fully saturated rings. The second-order valence-corrected chi connectivity index (χ2v) is 5.51. The molecule has 1 saturated heterocycles. The molecule has 1 N–H and O–H groups in total. The SMILES string of the molecule is CNC(C)c1cccc(N2CC(C(C)C)C2)c1. The first kappa shape index (κ1) is 12.4. The lowest BCUT2D eigenvalue weighted by Gasteiger charge is -2.43. The minimum Gasteiger partial charge on any atom is -0.371 e. The summed E-state index contributed by atoms with van der Waals surface area (Å²) in [6, 6.07) is 9.34. The van der Waals surface area contributed by atoms with Gasteiger partial charge in [0.2, 0.25) is 0 Å². The summed E-state index contributed by atoms with van der Waals surface area (Å²) in [4.78, 5) is 2.48. The maximum absolute atomic E-state index is 3.29. The summed E-state index contributed by atoms with van der Waals surface area (Å²) >= 11 is 0. The van der Waals surface area contributed by atoms with Gasteiger partial charge in [0.05, 0.1) is 0 Å². The first-order valence-corrected chi connectivity index (χ1v) is 6.64. The van der Waals surface area contributed by atoms with Crippen LogP contribution in [0, 0.1) is 11.8 Å². The van der Waals surface area contributed by atoms with E-state index in [2.05, 4.69) is 55.3 Å². The van der Waals surface area contributed by atoms with Gasteiger partial charge in [0.25, 0.3) is 0 Å². The lowest BCUT2D eigenvalue weighted by Crippen LogP contribution is -2.49. The van der Waals surface area contributed by atoms with E-state index in [0.29, 0.717) is 6.04 Å². The van der Waals surface area contributed by atoms with Gasteiger partial charge in [-0.2, -0.15) is 0 Å². The van der Waals surface area contributed by atoms with E-state index < -0.39 is 0 Å². The molecule has 0 saturated carbocycles. The van der Waals surface area contributed by atoms with Crippen molar-refractivity contribution in [2.75, 3.05) is 25.0 Å². The van der Waals surface area contributed by atoms with Gasteiger partial charge in [-0.3, -0.25) is 0 Å². The molecule has 0 amide bonds. The van der Waals surface area contributed by atoms with Gasteiger partial charge < -0.3 is 10.2 Å². The van der Waals surface area contributed by atoms with Crippen LogP contribution in [-0.2, 0) is 0 Å². The summed E-state index contributed by atoms with van der Waals surface area (Å²) in [6.07, 6.45) is 0. The molecule has 0 spiro atoms. The van der Waals surface area contributed by atoms with E-state index in [0.717, 1.165) is 11.8 Å². The Labute approximate surface area is 105 Å². The van der Waals surface area contributed by atoms with Crippen molar-refractivity contribution in [3.8, 4) is 0 Å². The van der Waals surface area contributed by atoms with Gasteiger partial charge in [-0.25, -0.2) is 0 Å². The van der Waals surface area contributed by atoms with Crippen LogP contribution in [0.15, 0.2) is 24.3 Å². The highest BCUT2D eigenvalue weighted by Crippen LogP contribution is 2.30. The van der Waals surface area contributed by atoms with E-state index in [4.69, 9.17) is 0 Å². The Kier molecular flexibility index (Phi) is 3.72. The van der Waals surface area contributed by atoms with Crippen LogP contribution < -0.4 is 10.2 Å². The molecule has 0 radical (unpaired) electrons. The molecule has 2 nitrogen and oxygen atoms in total. The molecule has 0 aliphatic carbocycles. The van der Waals surface area contributed by atoms with Gasteiger partial charge in [0, 0.05) is 24.8 Å². The fraction of sp³-hybridized carbons (Fsp3) is 0.600. The average Bonchev–Trinajstić information content (AvgIpc) is 2.26. The Morgan fingerprint density at radius 3 is 2.53 bits per heavy atom. The third kappa shape index (κ3) is 2.63. The zero-order chi connectivity index (χ0) is 12.4. The van der Waals surface area contributed by atoms with Gasteiger partial charge in [-0.15, -0.1) is 0 Å². The third-order valence-corrected chi connectivity index (χ3v) is 4.02. The van der Waals surface area contributed by atoms with Crippen molar-refractivity contribution < 1.29 is 0 Å². The molecule has 2 heteroatoms. The van der Waals surface area contributed by atoms with Gasteiger partial charge in [-0.1, -0.05) is 26.0 Å². The molecule has 2 rings (SSSR count). The molecule has 1 aromatic rings. The van der Waals surface area contributed by atoms with Crippen LogP contribution in [0.3, 0.4) is 0 Å². The van der Waals surface area contributed by atoms with Crippen LogP contribution >= 0.6 is 0 Å². The zero-order valence-corrected chi connectivity index (χ0v) is 11.4. The smallest absolute Gasteiger partial charge is 0.0369 e. The van der Waals surface area contributed by atoms with E-state index in [1.165, 1.54) is 24.3 Å². The van der Waals surface area contributed by atoms with E-state index in [9.17, 15) is 0 Å². The topological polar surface area (TPSA) is 15.3 Å². The molecule has 1 aliphatic heterocycles. The Hall–Kier alpha value is -1.02. The van der Waals surface area contributed by atoms with Crippen LogP contribution in [0.1, 0.15) is 32.4 Å². The normalized spacial score (nSPS) is 18.3. The summed E-state index contributed by atoms with van der Waals surface area (Å²) in [7, 11) is 2.01. The Balaban J connectivity index is 2.03. The Morgan fingerprint density at radius 1 is 1.24 bits per heavy atom. The van der Waals surface area contributed by atoms with E-state index in [-0.39, 0.29) is 0 Å². The zero-order valence-electron chi connectivity index (χ0n) is 11.4. The number of nitrogens with one attached hydrogen (secondary N) is 1. The monoisotopic (exact) mass is 232 g/mol. The second kappa shape index (κ2) is 5.09. The fourth-order valence-electron chi connectivity index (χ4n) is 2.30. The number of nitrogens with zero attached hydrogens (tertiary/aromatic N) is 1. The first-order valence-electron chi connectivity index (χ1n) is 6.64. The van der Waals surface area contributed by atoms with Crippen molar-refractivity contribution >= 4 is 5.69 Å². The predicted molar refractivity (Wildman–Crippen MR) is 74.5 cm³/mol. The lowest BCUT2D eigenvalue weighted by molar-refractivity contribution is 0.310. The van der Waals surface area contributed by atoms with Crippen molar-refractivity contribution in [1.29, 1.82) is 0 Å². The highest BCUT2D eigenvalue weighted by molar-refractivity contribution is 5.51. The second-order valence-electron chi connectivity index (χ2n) is 5.51. The van der Waals surface area contributed by atoms with Crippen LogP contribution in [0.5, 0.6) is 0 Å². The number of rotatable bonds is 4. The quantitative estimate of drug-likeness (QED) is 0.858. The largest absolute Gasteiger partial charge is 0.371 e. The summed E-state index contributed by atoms with van der Waals surface area (Å²) in [5.41, 5.74) is 2.75. The minimum absolute atomic E-state index is 0.428. The highest BCUT2D eigenvalue weighted by Gasteiger charge is 2.29. The molecule has 1 aromatic carbocycles. The summed E-state index contributed by atoms with van der Waals surface area (Å²) < 4.78 is 0. The van der Waals surface area contributed by atoms with Crippen molar-refractivity contribution in [2.45, 2.75) is 26.8 Å². The highest BCUT2D eigenvalue weighted by atomic mass is 15.2. The Morgan fingerprint density at radius 2 is 1.94 bits per heavy atom. The van der Waals surface area contributed by atoms with E-state index in [1.54, 1.807) is 0 Å². The number of hydrogen-bond donors (Lipinski definition) is 1. The molecule has 1 atom stereocenters. The van der Waals surface area contributed by atoms with Crippen LogP contribution in [-0.4, -0.2) is 20.1 Å². The summed E-state index contributed by atoms with van der Waals surface area (Å²) in [5.74, 6) is 1.69. The fourth-order valence-corrected chi connectivity index (χ4v) is 2.30. The molecule has 1 unspecified atom stereocenters. The van der Waals surface area contributed by atoms with Crippen molar-refractivity contribution in [3.05, 3.63) is 29.8 Å². The number of anilines is 1. The minimum atomic E-state index is 0.428. The number of hydrogen-bond acceptors (Lipinski definition) is 2. The molecule has 94 valence electrons. The van der Waals surface area contributed by atoms with Gasteiger partial charge in [0.1, 0.15) is 0 Å². The standard InChI is InChI=1S/C15H24N2/c1-11(2)14-9-17(10-14)15-7-5-6-13(8-15)12(3)16-4/h5-8,11-12,14,16H,9-10H2,1-4H3. The number of benzene rings is 1. The third-order valence-electron chi connectivity index (χ3n) is 4.02. The summed E-state index contributed by atoms with van der Waals surface area (Å²) in [5, 5.41) is 3.29. The van der Waals surface area contributed by atoms with Crippen LogP contribution in [0.25, 0.3) is 0 Å². The summed E-state index contributed by atoms with van der Waals surface area (Å²) in [6.45, 7) is 9.28. The van der Waals surface area contributed by atoms with Crippen molar-refractivity contribution in [2.24, 2.45) is 11.8 Å². The van der Waals surface area contributed by atoms with Crippen molar-refractivity contribution in [1.82, 2.24) is 5.32 Å². The predicted octanol–water partition coefficient (Wildman–Crippen LogP) is 3.06. The van der Waals surface area contributed by atoms with Crippen molar-refractivity contribution in [3.63, 3.8) is 0 Å². The van der Waals surface area contributed by atoms with E-state index >= 15 is 0 Å². The Bertz CT molecular complexity index is 367. The molecule has 0 aromatic heterocycles. The molecular weight excluding hydrogens is 208 g/mol. The first-order chi connectivity index (χ1) is 8.11.